The number of nitrogens with one attached hydrogen (secondary N) is 2. The van der Waals surface area contributed by atoms with E-state index >= 15 is 0 Å². The molecule has 1 unspecified atom stereocenters. The minimum atomic E-state index is -0.539. The Morgan fingerprint density at radius 1 is 1.37 bits per heavy atom. The summed E-state index contributed by atoms with van der Waals surface area (Å²) in [6, 6.07) is 8.29. The number of carbonyl (C=O) groups excluding carboxylic acids is 1. The number of rotatable bonds is 4. The molecule has 0 saturated carbocycles. The Balaban J connectivity index is 2.36. The predicted octanol–water partition coefficient (Wildman–Crippen LogP) is 3.36. The van der Waals surface area contributed by atoms with Crippen LogP contribution in [0.5, 0.6) is 0 Å². The van der Waals surface area contributed by atoms with Gasteiger partial charge in [-0.25, -0.2) is 0 Å². The van der Waals surface area contributed by atoms with E-state index in [0.717, 1.165) is 22.9 Å². The van der Waals surface area contributed by atoms with Crippen LogP contribution >= 0.6 is 0 Å². The van der Waals surface area contributed by atoms with Gasteiger partial charge in [0.2, 0.25) is 5.91 Å². The number of hydrogen-bond donors (Lipinski definition) is 2. The van der Waals surface area contributed by atoms with Crippen LogP contribution in [-0.4, -0.2) is 16.9 Å². The summed E-state index contributed by atoms with van der Waals surface area (Å²) in [4.78, 5) is 15.7. The second kappa shape index (κ2) is 5.08. The highest BCUT2D eigenvalue weighted by Crippen LogP contribution is 2.30. The highest BCUT2D eigenvalue weighted by molar-refractivity contribution is 5.94. The lowest BCUT2D eigenvalue weighted by atomic mass is 9.83. The summed E-state index contributed by atoms with van der Waals surface area (Å²) in [6.45, 7) is 8.05. The molecule has 0 aliphatic carbocycles. The fourth-order valence-corrected chi connectivity index (χ4v) is 2.22. The summed E-state index contributed by atoms with van der Waals surface area (Å²) in [5.41, 5.74) is 1.58. The van der Waals surface area contributed by atoms with Crippen LogP contribution in [0.3, 0.4) is 0 Å². The lowest BCUT2D eigenvalue weighted by molar-refractivity contribution is -0.126. The van der Waals surface area contributed by atoms with Crippen molar-refractivity contribution in [3.8, 4) is 0 Å². The number of para-hydroxylation sites is 1. The number of amides is 1. The van der Waals surface area contributed by atoms with Crippen molar-refractivity contribution in [2.75, 3.05) is 0 Å². The molecule has 0 bridgehead atoms. The van der Waals surface area contributed by atoms with Crippen LogP contribution in [0.1, 0.15) is 39.7 Å². The molecule has 0 spiro atoms. The van der Waals surface area contributed by atoms with Crippen LogP contribution in [0, 0.1) is 0 Å². The Morgan fingerprint density at radius 3 is 2.74 bits per heavy atom. The van der Waals surface area contributed by atoms with Gasteiger partial charge < -0.3 is 10.3 Å². The van der Waals surface area contributed by atoms with Gasteiger partial charge in [0.1, 0.15) is 0 Å². The molecule has 1 heterocycles. The van der Waals surface area contributed by atoms with E-state index in [-0.39, 0.29) is 11.9 Å². The van der Waals surface area contributed by atoms with Crippen LogP contribution in [-0.2, 0) is 10.2 Å². The zero-order valence-electron chi connectivity index (χ0n) is 12.1. The molecule has 2 aromatic rings. The van der Waals surface area contributed by atoms with Crippen molar-refractivity contribution in [3.05, 3.63) is 36.0 Å². The largest absolute Gasteiger partial charge is 0.361 e. The maximum absolute atomic E-state index is 12.5. The maximum atomic E-state index is 12.5. The van der Waals surface area contributed by atoms with Crippen molar-refractivity contribution in [2.24, 2.45) is 0 Å². The molecule has 19 heavy (non-hydrogen) atoms. The summed E-state index contributed by atoms with van der Waals surface area (Å²) < 4.78 is 0. The second-order valence-electron chi connectivity index (χ2n) is 5.66. The summed E-state index contributed by atoms with van der Waals surface area (Å²) in [6.07, 6.45) is 2.89. The maximum Gasteiger partial charge on any atom is 0.230 e. The highest BCUT2D eigenvalue weighted by atomic mass is 16.2. The summed E-state index contributed by atoms with van der Waals surface area (Å²) in [7, 11) is 0. The molecule has 0 radical (unpaired) electrons. The molecule has 2 rings (SSSR count). The van der Waals surface area contributed by atoms with Crippen molar-refractivity contribution in [2.45, 2.75) is 45.6 Å². The Labute approximate surface area is 114 Å². The van der Waals surface area contributed by atoms with Crippen molar-refractivity contribution in [3.63, 3.8) is 0 Å². The third kappa shape index (κ3) is 2.50. The highest BCUT2D eigenvalue weighted by Gasteiger charge is 2.32. The van der Waals surface area contributed by atoms with E-state index in [4.69, 9.17) is 0 Å². The first-order valence-electron chi connectivity index (χ1n) is 6.84. The standard InChI is InChI=1S/C16H22N2O/c1-5-11(2)18-15(19)16(3,4)13-10-17-14-9-7-6-8-12(13)14/h6-11,17H,5H2,1-4H3,(H,18,19). The number of aromatic nitrogens is 1. The number of benzene rings is 1. The number of aromatic amines is 1. The lowest BCUT2D eigenvalue weighted by Gasteiger charge is -2.25. The minimum absolute atomic E-state index is 0.0756. The third-order valence-electron chi connectivity index (χ3n) is 3.82. The molecule has 0 fully saturated rings. The predicted molar refractivity (Wildman–Crippen MR) is 79.2 cm³/mol. The molecule has 3 nitrogen and oxygen atoms in total. The van der Waals surface area contributed by atoms with Crippen molar-refractivity contribution < 1.29 is 4.79 Å². The van der Waals surface area contributed by atoms with Crippen molar-refractivity contribution >= 4 is 16.8 Å². The first-order valence-corrected chi connectivity index (χ1v) is 6.84. The first-order chi connectivity index (χ1) is 8.96. The van der Waals surface area contributed by atoms with Crippen LogP contribution in [0.4, 0.5) is 0 Å². The van der Waals surface area contributed by atoms with Crippen LogP contribution < -0.4 is 5.32 Å². The van der Waals surface area contributed by atoms with E-state index in [1.165, 1.54) is 0 Å². The van der Waals surface area contributed by atoms with Gasteiger partial charge in [-0.05, 0) is 38.8 Å². The molecule has 0 aliphatic heterocycles. The molecular weight excluding hydrogens is 236 g/mol. The number of hydrogen-bond acceptors (Lipinski definition) is 1. The topological polar surface area (TPSA) is 44.9 Å². The van der Waals surface area contributed by atoms with E-state index in [1.807, 2.05) is 45.2 Å². The molecule has 102 valence electrons. The van der Waals surface area contributed by atoms with Crippen LogP contribution in [0.25, 0.3) is 10.9 Å². The molecule has 2 N–H and O–H groups in total. The number of fused-ring (bicyclic) bond motifs is 1. The van der Waals surface area contributed by atoms with Gasteiger partial charge in [0.25, 0.3) is 0 Å². The summed E-state index contributed by atoms with van der Waals surface area (Å²) >= 11 is 0. The van der Waals surface area contributed by atoms with E-state index < -0.39 is 5.41 Å². The number of H-pyrrole nitrogens is 1. The molecule has 1 aromatic carbocycles. The normalized spacial score (nSPS) is 13.5. The van der Waals surface area contributed by atoms with Gasteiger partial charge in [0.05, 0.1) is 5.41 Å². The third-order valence-corrected chi connectivity index (χ3v) is 3.82. The molecule has 1 atom stereocenters. The SMILES string of the molecule is CCC(C)NC(=O)C(C)(C)c1c[nH]c2ccccc12. The van der Waals surface area contributed by atoms with E-state index in [1.54, 1.807) is 0 Å². The van der Waals surface area contributed by atoms with Crippen molar-refractivity contribution in [1.29, 1.82) is 0 Å². The fourth-order valence-electron chi connectivity index (χ4n) is 2.22. The molecule has 0 saturated heterocycles. The van der Waals surface area contributed by atoms with Gasteiger partial charge in [-0.15, -0.1) is 0 Å². The van der Waals surface area contributed by atoms with Gasteiger partial charge >= 0.3 is 0 Å². The first kappa shape index (κ1) is 13.7. The Morgan fingerprint density at radius 2 is 2.05 bits per heavy atom. The Kier molecular flexibility index (Phi) is 3.65. The minimum Gasteiger partial charge on any atom is -0.361 e. The van der Waals surface area contributed by atoms with E-state index in [2.05, 4.69) is 23.3 Å². The van der Waals surface area contributed by atoms with E-state index in [0.29, 0.717) is 0 Å². The molecule has 0 aliphatic rings. The average molecular weight is 258 g/mol. The van der Waals surface area contributed by atoms with Crippen molar-refractivity contribution in [1.82, 2.24) is 10.3 Å². The Bertz CT molecular complexity index is 583. The average Bonchev–Trinajstić information content (AvgIpc) is 2.82. The molecule has 1 amide bonds. The van der Waals surface area contributed by atoms with Gasteiger partial charge in [-0.2, -0.15) is 0 Å². The fraction of sp³-hybridized carbons (Fsp3) is 0.438. The zero-order chi connectivity index (χ0) is 14.0. The summed E-state index contributed by atoms with van der Waals surface area (Å²) in [5, 5.41) is 4.19. The van der Waals surface area contributed by atoms with Gasteiger partial charge in [-0.1, -0.05) is 25.1 Å². The molecule has 3 heteroatoms. The zero-order valence-corrected chi connectivity index (χ0v) is 12.1. The van der Waals surface area contributed by atoms with Gasteiger partial charge in [0, 0.05) is 23.1 Å². The van der Waals surface area contributed by atoms with Gasteiger partial charge in [-0.3, -0.25) is 4.79 Å². The Hall–Kier alpha value is -1.77. The quantitative estimate of drug-likeness (QED) is 0.867. The summed E-state index contributed by atoms with van der Waals surface area (Å²) in [5.74, 6) is 0.0756. The second-order valence-corrected chi connectivity index (χ2v) is 5.66. The number of carbonyl (C=O) groups is 1. The van der Waals surface area contributed by atoms with E-state index in [9.17, 15) is 4.79 Å². The lowest BCUT2D eigenvalue weighted by Crippen LogP contribution is -2.43. The molecule has 1 aromatic heterocycles. The van der Waals surface area contributed by atoms with Gasteiger partial charge in [0.15, 0.2) is 0 Å². The van der Waals surface area contributed by atoms with Crippen LogP contribution in [0.2, 0.25) is 0 Å². The smallest absolute Gasteiger partial charge is 0.230 e. The monoisotopic (exact) mass is 258 g/mol. The van der Waals surface area contributed by atoms with Crippen LogP contribution in [0.15, 0.2) is 30.5 Å². The molecular formula is C16H22N2O.